The number of esters is 1. The van der Waals surface area contributed by atoms with E-state index in [1.807, 2.05) is 13.8 Å². The molecule has 21 heteroatoms. The number of halogens is 2. The third-order valence-electron chi connectivity index (χ3n) is 16.1. The number of aromatic hydroxyl groups is 2. The number of aliphatic hydroxyl groups is 1. The smallest absolute Gasteiger partial charge is 0.410 e. The van der Waals surface area contributed by atoms with Gasteiger partial charge in [0, 0.05) is 86.1 Å². The number of pyridine rings is 2. The van der Waals surface area contributed by atoms with Crippen LogP contribution in [0.3, 0.4) is 0 Å². The van der Waals surface area contributed by atoms with Crippen molar-refractivity contribution in [1.29, 1.82) is 0 Å². The minimum Gasteiger partial charge on any atom is -0.508 e. The zero-order chi connectivity index (χ0) is 52.8. The summed E-state index contributed by atoms with van der Waals surface area (Å²) in [6.45, 7) is 10.4. The van der Waals surface area contributed by atoms with Crippen LogP contribution in [0.1, 0.15) is 103 Å². The summed E-state index contributed by atoms with van der Waals surface area (Å²) in [5.74, 6) is -2.67. The van der Waals surface area contributed by atoms with Crippen LogP contribution in [0.4, 0.5) is 13.6 Å². The molecule has 5 N–H and O–H groups in total. The number of cyclic esters (lactones) is 1. The van der Waals surface area contributed by atoms with Gasteiger partial charge in [-0.3, -0.25) is 19.4 Å². The number of amides is 2. The average molecular weight is 1030 g/mol. The van der Waals surface area contributed by atoms with Gasteiger partial charge in [0.1, 0.15) is 29.7 Å². The van der Waals surface area contributed by atoms with Crippen LogP contribution in [-0.4, -0.2) is 124 Å². The average Bonchev–Trinajstić information content (AvgIpc) is 4.00. The van der Waals surface area contributed by atoms with Crippen LogP contribution >= 0.6 is 0 Å². The molecule has 2 saturated heterocycles. The number of piperazine rings is 1. The number of rotatable bonds is 10. The Labute approximate surface area is 428 Å². The second kappa shape index (κ2) is 19.0. The van der Waals surface area contributed by atoms with E-state index in [-0.39, 0.29) is 71.2 Å². The summed E-state index contributed by atoms with van der Waals surface area (Å²) in [5.41, 5.74) is 2.36. The highest BCUT2D eigenvalue weighted by Crippen LogP contribution is 2.46. The molecule has 0 unspecified atom stereocenters. The molecule has 0 saturated carbocycles. The van der Waals surface area contributed by atoms with Gasteiger partial charge in [-0.2, -0.15) is 5.10 Å². The highest BCUT2D eigenvalue weighted by Gasteiger charge is 2.46. The molecule has 11 rings (SSSR count). The monoisotopic (exact) mass is 1030 g/mol. The van der Waals surface area contributed by atoms with Crippen molar-refractivity contribution >= 4 is 28.9 Å². The molecule has 0 radical (unpaired) electrons. The number of aromatic nitrogens is 5. The van der Waals surface area contributed by atoms with Crippen LogP contribution < -0.4 is 16.6 Å². The summed E-state index contributed by atoms with van der Waals surface area (Å²) in [6.07, 6.45) is 1.62. The molecule has 2 fully saturated rings. The van der Waals surface area contributed by atoms with Gasteiger partial charge in [0.05, 0.1) is 46.3 Å². The summed E-state index contributed by atoms with van der Waals surface area (Å²) in [6, 6.07) is 9.89. The van der Waals surface area contributed by atoms with Crippen LogP contribution in [0, 0.1) is 18.6 Å². The van der Waals surface area contributed by atoms with Gasteiger partial charge in [-0.05, 0) is 91.5 Å². The summed E-state index contributed by atoms with van der Waals surface area (Å²) in [5, 5.41) is 42.7. The van der Waals surface area contributed by atoms with Crippen molar-refractivity contribution < 1.29 is 48.0 Å². The van der Waals surface area contributed by atoms with E-state index < -0.39 is 59.1 Å². The van der Waals surface area contributed by atoms with Crippen molar-refractivity contribution in [2.75, 3.05) is 45.9 Å². The second-order valence-corrected chi connectivity index (χ2v) is 20.6. The number of likely N-dealkylation sites (tertiary alicyclic amines) is 1. The Bertz CT molecular complexity index is 3480. The SMILES string of the molecule is CC[C@@]1(O)C(=O)OCc2c1cc1n(c2=O)Cc2c-1nc1cc(F)c(C)c3c1c2[C@@H](NC(=O)COC(=O)N1CCC(N2CCN(Cc4ccc(-n5c(-c6cc(C(C)C)c(O)cc6O)n[nH]c5=O)cc4F)CC2)CC1)CC3. The molecule has 4 aliphatic heterocycles. The van der Waals surface area contributed by atoms with E-state index in [2.05, 4.69) is 25.3 Å². The standard InChI is InChI=1S/C54H57F2N9O10/c1-5-54(73)37-20-42-48-35(24-64(42)50(69)36(37)25-74-51(54)70)47-40(9-8-32-28(4)38(55)21-41(58-48)46(32)47)57-45(68)26-75-53(72)63-12-10-30(11-13-63)62-16-14-61(15-17-62)23-29-6-7-31(18-39(29)56)65-49(59-60-52(65)71)34-19-33(27(2)3)43(66)22-44(34)67/h6-7,18-22,27,30,40,66-67,73H,5,8-17,23-26H2,1-4H3,(H,57,68)(H,60,71)/t40-,54-/m0/s1. The molecule has 0 spiro atoms. The van der Waals surface area contributed by atoms with E-state index in [9.17, 15) is 39.3 Å². The maximum atomic E-state index is 15.8. The second-order valence-electron chi connectivity index (χ2n) is 20.6. The van der Waals surface area contributed by atoms with E-state index in [1.165, 1.54) is 27.3 Å². The van der Waals surface area contributed by atoms with Crippen LogP contribution in [-0.2, 0) is 50.8 Å². The first-order chi connectivity index (χ1) is 35.9. The summed E-state index contributed by atoms with van der Waals surface area (Å²) < 4.78 is 44.7. The van der Waals surface area contributed by atoms with E-state index in [4.69, 9.17) is 14.5 Å². The Hall–Kier alpha value is -7.49. The van der Waals surface area contributed by atoms with Crippen molar-refractivity contribution in [3.05, 3.63) is 119 Å². The highest BCUT2D eigenvalue weighted by molar-refractivity contribution is 5.94. The number of ether oxygens (including phenoxy) is 2. The molecule has 7 heterocycles. The predicted octanol–water partition coefficient (Wildman–Crippen LogP) is 5.26. The molecule has 2 amide bonds. The number of nitrogens with zero attached hydrogens (tertiary/aromatic N) is 7. The number of carbonyl (C=O) groups excluding carboxylic acids is 3. The van der Waals surface area contributed by atoms with Gasteiger partial charge in [0.15, 0.2) is 18.0 Å². The zero-order valence-electron chi connectivity index (χ0n) is 42.0. The first-order valence-electron chi connectivity index (χ1n) is 25.5. The molecular formula is C54H57F2N9O10. The molecule has 6 aromatic rings. The minimum absolute atomic E-state index is 0.0260. The van der Waals surface area contributed by atoms with Crippen LogP contribution in [0.25, 0.3) is 39.4 Å². The van der Waals surface area contributed by atoms with Gasteiger partial charge in [-0.1, -0.05) is 26.8 Å². The van der Waals surface area contributed by atoms with Gasteiger partial charge >= 0.3 is 17.8 Å². The number of H-pyrrole nitrogens is 1. The number of benzene rings is 3. The maximum absolute atomic E-state index is 15.8. The lowest BCUT2D eigenvalue weighted by molar-refractivity contribution is -0.172. The summed E-state index contributed by atoms with van der Waals surface area (Å²) in [7, 11) is 0. The van der Waals surface area contributed by atoms with Gasteiger partial charge < -0.3 is 39.6 Å². The number of aromatic amines is 1. The van der Waals surface area contributed by atoms with E-state index >= 15 is 8.78 Å². The van der Waals surface area contributed by atoms with Gasteiger partial charge in [0.2, 0.25) is 0 Å². The van der Waals surface area contributed by atoms with Crippen molar-refractivity contribution in [2.45, 2.75) is 103 Å². The molecule has 2 atom stereocenters. The molecular weight excluding hydrogens is 973 g/mol. The third kappa shape index (κ3) is 8.49. The fourth-order valence-corrected chi connectivity index (χ4v) is 11.9. The Kier molecular flexibility index (Phi) is 12.6. The number of hydrogen-bond acceptors (Lipinski definition) is 14. The summed E-state index contributed by atoms with van der Waals surface area (Å²) in [4.78, 5) is 77.8. The number of phenolic OH excluding ortho intramolecular Hbond substituents is 2. The lowest BCUT2D eigenvalue weighted by atomic mass is 9.81. The quantitative estimate of drug-likeness (QED) is 0.110. The highest BCUT2D eigenvalue weighted by atomic mass is 19.1. The van der Waals surface area contributed by atoms with Crippen LogP contribution in [0.15, 0.2) is 52.1 Å². The van der Waals surface area contributed by atoms with E-state index in [0.29, 0.717) is 109 Å². The number of nitrogens with one attached hydrogen (secondary N) is 2. The fraction of sp³-hybridized carbons (Fsp3) is 0.426. The van der Waals surface area contributed by atoms with Crippen LogP contribution in [0.5, 0.6) is 11.5 Å². The first-order valence-corrected chi connectivity index (χ1v) is 25.5. The maximum Gasteiger partial charge on any atom is 0.410 e. The molecule has 3 aromatic heterocycles. The molecule has 19 nitrogen and oxygen atoms in total. The number of fused-ring (bicyclic) bond motifs is 5. The fourth-order valence-electron chi connectivity index (χ4n) is 11.9. The van der Waals surface area contributed by atoms with Crippen molar-refractivity contribution in [3.63, 3.8) is 0 Å². The van der Waals surface area contributed by atoms with Gasteiger partial charge in [-0.15, -0.1) is 0 Å². The minimum atomic E-state index is -2.03. The number of aryl methyl sites for hydroxylation is 1. The normalized spacial score (nSPS) is 19.8. The van der Waals surface area contributed by atoms with E-state index in [1.54, 1.807) is 43.0 Å². The molecule has 392 valence electrons. The molecule has 75 heavy (non-hydrogen) atoms. The Morgan fingerprint density at radius 2 is 1.71 bits per heavy atom. The third-order valence-corrected chi connectivity index (χ3v) is 16.1. The molecule has 1 aliphatic carbocycles. The Morgan fingerprint density at radius 3 is 2.43 bits per heavy atom. The molecule has 5 aliphatic rings. The van der Waals surface area contributed by atoms with Gasteiger partial charge in [0.25, 0.3) is 11.5 Å². The first kappa shape index (κ1) is 49.7. The van der Waals surface area contributed by atoms with Crippen LogP contribution in [0.2, 0.25) is 0 Å². The number of hydrogen-bond donors (Lipinski definition) is 5. The molecule has 0 bridgehead atoms. The van der Waals surface area contributed by atoms with Gasteiger partial charge in [-0.25, -0.2) is 37.8 Å². The Morgan fingerprint density at radius 1 is 0.947 bits per heavy atom. The zero-order valence-corrected chi connectivity index (χ0v) is 42.0. The topological polar surface area (TPSA) is 238 Å². The largest absolute Gasteiger partial charge is 0.508 e. The molecule has 3 aromatic carbocycles. The Balaban J connectivity index is 0.696. The van der Waals surface area contributed by atoms with Crippen molar-refractivity contribution in [1.82, 2.24) is 44.3 Å². The number of piperidine rings is 1. The number of carbonyl (C=O) groups is 3. The predicted molar refractivity (Wildman–Crippen MR) is 268 cm³/mol. The lowest BCUT2D eigenvalue weighted by Gasteiger charge is -2.42. The summed E-state index contributed by atoms with van der Waals surface area (Å²) >= 11 is 0. The number of phenols is 2. The van der Waals surface area contributed by atoms with Crippen molar-refractivity contribution in [2.24, 2.45) is 0 Å². The lowest BCUT2D eigenvalue weighted by Crippen LogP contribution is -2.53. The van der Waals surface area contributed by atoms with E-state index in [0.717, 1.165) is 18.7 Å². The van der Waals surface area contributed by atoms with Crippen molar-refractivity contribution in [3.8, 4) is 40.0 Å².